The van der Waals surface area contributed by atoms with Gasteiger partial charge in [-0.2, -0.15) is 0 Å². The lowest BCUT2D eigenvalue weighted by molar-refractivity contribution is -0.135. The van der Waals surface area contributed by atoms with E-state index in [4.69, 9.17) is 10.8 Å². The number of aliphatic carboxylic acids is 1. The van der Waals surface area contributed by atoms with Crippen molar-refractivity contribution in [1.82, 2.24) is 0 Å². The normalized spacial score (nSPS) is 6.73. The molecule has 0 atom stereocenters. The van der Waals surface area contributed by atoms with Crippen LogP contribution in [0.15, 0.2) is 0 Å². The summed E-state index contributed by atoms with van der Waals surface area (Å²) in [4.78, 5) is 18.7. The highest BCUT2D eigenvalue weighted by Crippen LogP contribution is 1.43. The molecule has 0 bridgehead atoms. The van der Waals surface area contributed by atoms with Gasteiger partial charge < -0.3 is 22.3 Å². The molecule has 7 heteroatoms. The van der Waals surface area contributed by atoms with Crippen LogP contribution in [0.2, 0.25) is 0 Å². The summed E-state index contributed by atoms with van der Waals surface area (Å²) in [7, 11) is 0. The Kier molecular flexibility index (Phi) is 18.0. The first-order valence-corrected chi connectivity index (χ1v) is 2.44. The second kappa shape index (κ2) is 11.9. The van der Waals surface area contributed by atoms with E-state index in [0.29, 0.717) is 0 Å². The van der Waals surface area contributed by atoms with Crippen molar-refractivity contribution in [2.75, 3.05) is 13.1 Å². The van der Waals surface area contributed by atoms with Gasteiger partial charge in [0.2, 0.25) is 5.91 Å². The summed E-state index contributed by atoms with van der Waals surface area (Å²) in [5.74, 6) is -1.44. The van der Waals surface area contributed by atoms with Crippen LogP contribution >= 0.6 is 12.4 Å². The number of carboxylic acids is 1. The van der Waals surface area contributed by atoms with E-state index in [0.717, 1.165) is 0 Å². The number of carbonyl (C=O) groups excluding carboxylic acids is 1. The largest absolute Gasteiger partial charge is 0.480 e. The minimum Gasteiger partial charge on any atom is -0.480 e. The van der Waals surface area contributed by atoms with Gasteiger partial charge in [-0.25, -0.2) is 0 Å². The first kappa shape index (κ1) is 16.6. The molecule has 1 amide bonds. The Morgan fingerprint density at radius 2 is 1.36 bits per heavy atom. The molecule has 11 heavy (non-hydrogen) atoms. The third kappa shape index (κ3) is 47.1. The topological polar surface area (TPSA) is 132 Å². The number of amides is 1. The zero-order chi connectivity index (χ0) is 8.57. The maximum absolute atomic E-state index is 9.47. The van der Waals surface area contributed by atoms with Gasteiger partial charge in [0.1, 0.15) is 0 Å². The van der Waals surface area contributed by atoms with Crippen LogP contribution in [0.4, 0.5) is 0 Å². The van der Waals surface area contributed by atoms with Crippen LogP contribution < -0.4 is 17.2 Å². The van der Waals surface area contributed by atoms with E-state index in [2.05, 4.69) is 11.5 Å². The molecule has 0 heterocycles. The number of rotatable bonds is 2. The fraction of sp³-hybridized carbons (Fsp3) is 0.500. The number of halogens is 1. The molecule has 0 aliphatic heterocycles. The van der Waals surface area contributed by atoms with Gasteiger partial charge in [0.25, 0.3) is 0 Å². The van der Waals surface area contributed by atoms with E-state index in [1.165, 1.54) is 0 Å². The van der Waals surface area contributed by atoms with Crippen LogP contribution in [0.1, 0.15) is 0 Å². The summed E-state index contributed by atoms with van der Waals surface area (Å²) < 4.78 is 0. The van der Waals surface area contributed by atoms with Crippen LogP contribution in [-0.2, 0) is 9.59 Å². The van der Waals surface area contributed by atoms with Gasteiger partial charge in [-0.3, -0.25) is 9.59 Å². The fourth-order valence-electron chi connectivity index (χ4n) is 0. The maximum Gasteiger partial charge on any atom is 0.317 e. The molecule has 0 aromatic rings. The van der Waals surface area contributed by atoms with Crippen molar-refractivity contribution in [2.24, 2.45) is 17.2 Å². The molecule has 0 spiro atoms. The van der Waals surface area contributed by atoms with Crippen LogP contribution in [0.25, 0.3) is 0 Å². The highest BCUT2D eigenvalue weighted by Gasteiger charge is 1.81. The van der Waals surface area contributed by atoms with Crippen LogP contribution in [0.3, 0.4) is 0 Å². The molecule has 0 saturated heterocycles. The molecule has 0 aromatic carbocycles. The summed E-state index contributed by atoms with van der Waals surface area (Å²) in [5.41, 5.74) is 13.8. The number of hydrogen-bond acceptors (Lipinski definition) is 4. The standard InChI is InChI=1S/C2H6N2O.C2H5NO2.ClH/c2*3-1-2(4)5;/h1,3H2,(H2,4,5);1,3H2,(H,4,5);1H. The molecule has 0 aliphatic rings. The van der Waals surface area contributed by atoms with Crippen molar-refractivity contribution in [3.8, 4) is 0 Å². The van der Waals surface area contributed by atoms with E-state index >= 15 is 0 Å². The lowest BCUT2D eigenvalue weighted by Gasteiger charge is -1.74. The summed E-state index contributed by atoms with van der Waals surface area (Å²) >= 11 is 0. The Morgan fingerprint density at radius 3 is 1.36 bits per heavy atom. The molecule has 6 nitrogen and oxygen atoms in total. The monoisotopic (exact) mass is 185 g/mol. The molecule has 0 aromatic heterocycles. The minimum atomic E-state index is -0.968. The summed E-state index contributed by atoms with van der Waals surface area (Å²) in [6.45, 7) is -0.333. The predicted octanol–water partition coefficient (Wildman–Crippen LogP) is -2.12. The second-order valence-electron chi connectivity index (χ2n) is 1.27. The summed E-state index contributed by atoms with van der Waals surface area (Å²) in [6.07, 6.45) is 0. The number of carboxylic acid groups (broad SMARTS) is 1. The Balaban J connectivity index is -0.000000107. The van der Waals surface area contributed by atoms with Gasteiger partial charge >= 0.3 is 5.97 Å². The van der Waals surface area contributed by atoms with Gasteiger partial charge in [0.15, 0.2) is 0 Å². The van der Waals surface area contributed by atoms with E-state index in [1.807, 2.05) is 0 Å². The maximum atomic E-state index is 9.47. The molecule has 0 aliphatic carbocycles. The lowest BCUT2D eigenvalue weighted by atomic mass is 10.7. The fourth-order valence-corrected chi connectivity index (χ4v) is 0. The molecule has 68 valence electrons. The Bertz CT molecular complexity index is 105. The van der Waals surface area contributed by atoms with Gasteiger partial charge in [-0.05, 0) is 0 Å². The van der Waals surface area contributed by atoms with Gasteiger partial charge in [0, 0.05) is 0 Å². The number of primary amides is 1. The molecule has 7 N–H and O–H groups in total. The smallest absolute Gasteiger partial charge is 0.317 e. The average Bonchev–Trinajstić information content (AvgIpc) is 1.89. The number of hydrogen-bond donors (Lipinski definition) is 4. The molecule has 0 radical (unpaired) electrons. The van der Waals surface area contributed by atoms with Crippen molar-refractivity contribution < 1.29 is 14.7 Å². The van der Waals surface area contributed by atoms with Crippen molar-refractivity contribution in [1.29, 1.82) is 0 Å². The van der Waals surface area contributed by atoms with E-state index in [9.17, 15) is 9.59 Å². The minimum absolute atomic E-state index is 0. The van der Waals surface area contributed by atoms with Gasteiger partial charge in [-0.15, -0.1) is 12.4 Å². The molecule has 0 saturated carbocycles. The molecule has 0 unspecified atom stereocenters. The number of carbonyl (C=O) groups is 2. The first-order valence-electron chi connectivity index (χ1n) is 2.44. The van der Waals surface area contributed by atoms with Gasteiger partial charge in [-0.1, -0.05) is 0 Å². The molecule has 0 fully saturated rings. The van der Waals surface area contributed by atoms with Crippen LogP contribution in [0, 0.1) is 0 Å². The van der Waals surface area contributed by atoms with Crippen molar-refractivity contribution in [2.45, 2.75) is 0 Å². The van der Waals surface area contributed by atoms with Crippen LogP contribution in [0.5, 0.6) is 0 Å². The molecular weight excluding hydrogens is 174 g/mol. The highest BCUT2D eigenvalue weighted by molar-refractivity contribution is 5.85. The predicted molar refractivity (Wildman–Crippen MR) is 42.2 cm³/mol. The second-order valence-corrected chi connectivity index (χ2v) is 1.27. The highest BCUT2D eigenvalue weighted by atomic mass is 35.5. The van der Waals surface area contributed by atoms with Crippen LogP contribution in [-0.4, -0.2) is 30.1 Å². The summed E-state index contributed by atoms with van der Waals surface area (Å²) in [5, 5.41) is 7.60. The summed E-state index contributed by atoms with van der Waals surface area (Å²) in [6, 6.07) is 0. The zero-order valence-corrected chi connectivity index (χ0v) is 6.63. The quantitative estimate of drug-likeness (QED) is 0.391. The average molecular weight is 186 g/mol. The van der Waals surface area contributed by atoms with Gasteiger partial charge in [0.05, 0.1) is 13.1 Å². The van der Waals surface area contributed by atoms with E-state index in [-0.39, 0.29) is 25.5 Å². The van der Waals surface area contributed by atoms with Crippen molar-refractivity contribution >= 4 is 24.3 Å². The van der Waals surface area contributed by atoms with Crippen molar-refractivity contribution in [3.63, 3.8) is 0 Å². The first-order chi connectivity index (χ1) is 4.54. The SMILES string of the molecule is Cl.NCC(=O)O.NCC(N)=O. The Labute approximate surface area is 70.1 Å². The lowest BCUT2D eigenvalue weighted by Crippen LogP contribution is -2.21. The number of nitrogens with two attached hydrogens (primary N) is 3. The van der Waals surface area contributed by atoms with E-state index < -0.39 is 11.9 Å². The third-order valence-electron chi connectivity index (χ3n) is 0.376. The van der Waals surface area contributed by atoms with E-state index in [1.54, 1.807) is 0 Å². The molecule has 0 rings (SSSR count). The molecular formula is C4H12ClN3O3. The van der Waals surface area contributed by atoms with Crippen molar-refractivity contribution in [3.05, 3.63) is 0 Å². The zero-order valence-electron chi connectivity index (χ0n) is 5.82. The third-order valence-corrected chi connectivity index (χ3v) is 0.376. The Hall–Kier alpha value is -0.850. The Morgan fingerprint density at radius 1 is 1.18 bits per heavy atom.